The van der Waals surface area contributed by atoms with Gasteiger partial charge in [-0.15, -0.1) is 9.78 Å². The molecule has 0 saturated heterocycles. The molecular weight excluding hydrogens is 758 g/mol. The van der Waals surface area contributed by atoms with E-state index in [0.717, 1.165) is 11.1 Å². The van der Waals surface area contributed by atoms with Gasteiger partial charge in [0, 0.05) is 47.3 Å². The molecule has 58 heavy (non-hydrogen) atoms. The smallest absolute Gasteiger partial charge is 0.497 e. The predicted molar refractivity (Wildman–Crippen MR) is 205 cm³/mol. The number of alkyl halides is 1. The van der Waals surface area contributed by atoms with Gasteiger partial charge in [-0.3, -0.25) is 4.79 Å². The Labute approximate surface area is 332 Å². The van der Waals surface area contributed by atoms with E-state index in [1.54, 1.807) is 67.6 Å². The molecule has 2 unspecified atom stereocenters. The Hall–Kier alpha value is -6.69. The number of nitrogens with one attached hydrogen (secondary N) is 1. The molecule has 1 aliphatic rings. The quantitative estimate of drug-likeness (QED) is 0.0462. The van der Waals surface area contributed by atoms with Crippen LogP contribution in [0, 0.1) is 5.82 Å². The van der Waals surface area contributed by atoms with Crippen molar-refractivity contribution in [3.05, 3.63) is 114 Å². The van der Waals surface area contributed by atoms with E-state index in [9.17, 15) is 19.1 Å². The summed E-state index contributed by atoms with van der Waals surface area (Å²) in [4.78, 5) is 42.6. The van der Waals surface area contributed by atoms with Crippen LogP contribution in [0.1, 0.15) is 72.4 Å². The second-order valence-corrected chi connectivity index (χ2v) is 12.9. The van der Waals surface area contributed by atoms with Gasteiger partial charge in [0.15, 0.2) is 17.4 Å². The van der Waals surface area contributed by atoms with Gasteiger partial charge in [-0.05, 0) is 67.8 Å². The van der Waals surface area contributed by atoms with Crippen LogP contribution in [-0.2, 0) is 9.47 Å². The number of aliphatic hydroxyl groups excluding tert-OH is 1. The molecule has 1 fully saturated rings. The number of amidine groups is 1. The Bertz CT molecular complexity index is 2180. The lowest BCUT2D eigenvalue weighted by atomic mass is 9.96. The second-order valence-electron chi connectivity index (χ2n) is 12.9. The number of amides is 1. The largest absolute Gasteiger partial charge is 0.511 e. The number of benzene rings is 3. The van der Waals surface area contributed by atoms with Gasteiger partial charge in [-0.2, -0.15) is 9.98 Å². The van der Waals surface area contributed by atoms with Crippen LogP contribution in [0.25, 0.3) is 5.95 Å². The number of nitrogens with two attached hydrogens (primary N) is 1. The summed E-state index contributed by atoms with van der Waals surface area (Å²) in [5, 5.41) is 17.3. The van der Waals surface area contributed by atoms with Crippen molar-refractivity contribution in [1.82, 2.24) is 24.7 Å². The summed E-state index contributed by atoms with van der Waals surface area (Å²) in [7, 11) is 1.39. The zero-order valence-corrected chi connectivity index (χ0v) is 31.7. The average Bonchev–Trinajstić information content (AvgIpc) is 3.67. The first-order chi connectivity index (χ1) is 28.2. The number of halogens is 2. The van der Waals surface area contributed by atoms with Gasteiger partial charge in [0.05, 0.1) is 13.7 Å². The first-order valence-electron chi connectivity index (χ1n) is 18.5. The molecule has 1 aliphatic carbocycles. The molecule has 3 aromatic carbocycles. The standard InChI is InChI=1S/C40H42F2N8O8/c1-3-32(58-40(53)56-30-13-8-7-12-29(30)41)57-39-48-36(49-50(39)38-44-18-9-19-45-38)34(28-22-27(54-2)23-31(33(28)42)55-21-20-51)46-26-16-14-24(15-17-26)35(43)47-37(52)25-10-5-4-6-11-25/h4-6,9-11,14-19,22-23,29-30,32,34,46,51H,3,7-8,12-13,20-21H2,1-2H3,(H2,43,47,52)/t29-,30?,32?,34-/m1/s1. The summed E-state index contributed by atoms with van der Waals surface area (Å²) >= 11 is 0. The van der Waals surface area contributed by atoms with Crippen LogP contribution < -0.4 is 25.3 Å². The van der Waals surface area contributed by atoms with E-state index in [1.807, 2.05) is 0 Å². The van der Waals surface area contributed by atoms with Crippen LogP contribution in [0.2, 0.25) is 0 Å². The number of aliphatic hydroxyl groups is 1. The fourth-order valence-corrected chi connectivity index (χ4v) is 5.98. The Morgan fingerprint density at radius 1 is 1.03 bits per heavy atom. The summed E-state index contributed by atoms with van der Waals surface area (Å²) < 4.78 is 59.8. The summed E-state index contributed by atoms with van der Waals surface area (Å²) in [6.45, 7) is 1.10. The number of aliphatic imine (C=N–C) groups is 1. The van der Waals surface area contributed by atoms with Crippen LogP contribution >= 0.6 is 0 Å². The van der Waals surface area contributed by atoms with E-state index in [-0.39, 0.29) is 66.7 Å². The number of aromatic nitrogens is 5. The molecular formula is C40H42F2N8O8. The molecule has 0 radical (unpaired) electrons. The van der Waals surface area contributed by atoms with Gasteiger partial charge in [0.2, 0.25) is 0 Å². The number of carbonyl (C=O) groups excluding carboxylic acids is 2. The van der Waals surface area contributed by atoms with Crippen LogP contribution in [0.15, 0.2) is 90.2 Å². The van der Waals surface area contributed by atoms with Gasteiger partial charge >= 0.3 is 12.2 Å². The Balaban J connectivity index is 1.36. The highest BCUT2D eigenvalue weighted by atomic mass is 19.1. The topological polar surface area (TPSA) is 207 Å². The lowest BCUT2D eigenvalue weighted by Crippen LogP contribution is -2.34. The van der Waals surface area contributed by atoms with Gasteiger partial charge in [-0.25, -0.2) is 23.5 Å². The molecule has 304 valence electrons. The van der Waals surface area contributed by atoms with Crippen molar-refractivity contribution in [3.63, 3.8) is 0 Å². The maximum atomic E-state index is 16.5. The van der Waals surface area contributed by atoms with E-state index in [0.29, 0.717) is 29.7 Å². The van der Waals surface area contributed by atoms with Crippen molar-refractivity contribution >= 4 is 23.6 Å². The highest BCUT2D eigenvalue weighted by molar-refractivity contribution is 6.08. The number of hydrogen-bond donors (Lipinski definition) is 3. The zero-order chi connectivity index (χ0) is 41.0. The summed E-state index contributed by atoms with van der Waals surface area (Å²) in [5.41, 5.74) is 7.39. The van der Waals surface area contributed by atoms with Crippen molar-refractivity contribution in [1.29, 1.82) is 0 Å². The lowest BCUT2D eigenvalue weighted by molar-refractivity contribution is -0.0919. The maximum absolute atomic E-state index is 16.5. The van der Waals surface area contributed by atoms with E-state index >= 15 is 4.39 Å². The number of anilines is 1. The minimum absolute atomic E-state index is 0.0113. The highest BCUT2D eigenvalue weighted by Crippen LogP contribution is 2.36. The van der Waals surface area contributed by atoms with Gasteiger partial charge in [0.1, 0.15) is 36.5 Å². The predicted octanol–water partition coefficient (Wildman–Crippen LogP) is 5.87. The maximum Gasteiger partial charge on any atom is 0.511 e. The van der Waals surface area contributed by atoms with Crippen molar-refractivity contribution < 1.29 is 47.2 Å². The Kier molecular flexibility index (Phi) is 13.7. The number of nitrogens with zero attached hydrogens (tertiary/aromatic N) is 6. The molecule has 2 aromatic heterocycles. The SMILES string of the molecule is CCC(OC(=O)OC1CCCC[C@H]1F)Oc1nc([C@H](Nc2ccc(/C(N)=N/C(=O)c3ccccc3)cc2)c2cc(OC)cc(OCCO)c2F)nn1-c1ncccn1. The molecule has 1 amide bonds. The number of carbonyl (C=O) groups is 2. The lowest BCUT2D eigenvalue weighted by Gasteiger charge is -2.26. The van der Waals surface area contributed by atoms with Crippen molar-refractivity contribution in [3.8, 4) is 23.5 Å². The van der Waals surface area contributed by atoms with E-state index in [2.05, 4.69) is 30.4 Å². The van der Waals surface area contributed by atoms with Gasteiger partial charge < -0.3 is 39.8 Å². The van der Waals surface area contributed by atoms with Gasteiger partial charge in [-0.1, -0.05) is 31.5 Å². The number of rotatable bonds is 16. The number of ether oxygens (including phenoxy) is 5. The molecule has 0 aliphatic heterocycles. The monoisotopic (exact) mass is 800 g/mol. The van der Waals surface area contributed by atoms with Crippen molar-refractivity contribution in [2.45, 2.75) is 63.6 Å². The fourth-order valence-electron chi connectivity index (χ4n) is 5.98. The van der Waals surface area contributed by atoms with Crippen LogP contribution in [-0.4, -0.2) is 86.6 Å². The highest BCUT2D eigenvalue weighted by Gasteiger charge is 2.32. The van der Waals surface area contributed by atoms with Crippen LogP contribution in [0.3, 0.4) is 0 Å². The minimum atomic E-state index is -1.30. The first-order valence-corrected chi connectivity index (χ1v) is 18.5. The fraction of sp³-hybridized carbons (Fsp3) is 0.325. The molecule has 1 saturated carbocycles. The van der Waals surface area contributed by atoms with Crippen molar-refractivity contribution in [2.24, 2.45) is 10.7 Å². The normalized spacial score (nSPS) is 16.5. The number of methoxy groups -OCH3 is 1. The third-order valence-electron chi connectivity index (χ3n) is 8.93. The zero-order valence-electron chi connectivity index (χ0n) is 31.7. The number of hydrogen-bond acceptors (Lipinski definition) is 13. The average molecular weight is 801 g/mol. The molecule has 16 nitrogen and oxygen atoms in total. The Morgan fingerprint density at radius 2 is 1.78 bits per heavy atom. The molecule has 6 rings (SSSR count). The molecule has 0 spiro atoms. The van der Waals surface area contributed by atoms with Crippen LogP contribution in [0.5, 0.6) is 17.5 Å². The molecule has 0 bridgehead atoms. The second kappa shape index (κ2) is 19.4. The van der Waals surface area contributed by atoms with E-state index in [1.165, 1.54) is 31.6 Å². The van der Waals surface area contributed by atoms with Crippen LogP contribution in [0.4, 0.5) is 19.3 Å². The Morgan fingerprint density at radius 3 is 2.47 bits per heavy atom. The third kappa shape index (κ3) is 10.2. The minimum Gasteiger partial charge on any atom is -0.497 e. The third-order valence-corrected chi connectivity index (χ3v) is 8.93. The van der Waals surface area contributed by atoms with Crippen molar-refractivity contribution in [2.75, 3.05) is 25.6 Å². The molecule has 5 aromatic rings. The molecule has 4 atom stereocenters. The molecule has 2 heterocycles. The summed E-state index contributed by atoms with van der Waals surface area (Å²) in [6.07, 6.45) is 0.489. The first kappa shape index (κ1) is 41.0. The van der Waals surface area contributed by atoms with E-state index < -0.39 is 42.5 Å². The molecule has 4 N–H and O–H groups in total. The van der Waals surface area contributed by atoms with Gasteiger partial charge in [0.25, 0.3) is 18.1 Å². The molecule has 18 heteroatoms. The summed E-state index contributed by atoms with van der Waals surface area (Å²) in [6, 6.07) is 17.9. The van der Waals surface area contributed by atoms with E-state index in [4.69, 9.17) is 29.4 Å². The summed E-state index contributed by atoms with van der Waals surface area (Å²) in [5.74, 6) is -1.41.